The Hall–Kier alpha value is -0.450. The van der Waals surface area contributed by atoms with Gasteiger partial charge in [-0.15, -0.1) is 11.3 Å². The molecule has 1 saturated heterocycles. The van der Waals surface area contributed by atoms with Crippen LogP contribution in [0.25, 0.3) is 0 Å². The molecule has 0 amide bonds. The third kappa shape index (κ3) is 2.32. The highest BCUT2D eigenvalue weighted by atomic mass is 32.1. The van der Waals surface area contributed by atoms with Gasteiger partial charge in [0.05, 0.1) is 17.3 Å². The van der Waals surface area contributed by atoms with E-state index in [4.69, 9.17) is 4.74 Å². The van der Waals surface area contributed by atoms with Crippen LogP contribution in [0.15, 0.2) is 0 Å². The molecule has 1 N–H and O–H groups in total. The minimum atomic E-state index is 0.524. The molecule has 0 aliphatic carbocycles. The van der Waals surface area contributed by atoms with Crippen molar-refractivity contribution in [3.05, 3.63) is 15.6 Å². The lowest BCUT2D eigenvalue weighted by Gasteiger charge is -2.08. The van der Waals surface area contributed by atoms with Gasteiger partial charge >= 0.3 is 0 Å². The molecule has 0 bridgehead atoms. The Morgan fingerprint density at radius 2 is 2.43 bits per heavy atom. The van der Waals surface area contributed by atoms with Crippen molar-refractivity contribution >= 4 is 11.3 Å². The quantitative estimate of drug-likeness (QED) is 0.827. The van der Waals surface area contributed by atoms with Crippen molar-refractivity contribution in [1.29, 1.82) is 0 Å². The van der Waals surface area contributed by atoms with Gasteiger partial charge in [-0.25, -0.2) is 4.98 Å². The van der Waals surface area contributed by atoms with Gasteiger partial charge in [-0.05, 0) is 20.3 Å². The van der Waals surface area contributed by atoms with Crippen LogP contribution < -0.4 is 5.32 Å². The van der Waals surface area contributed by atoms with Gasteiger partial charge in [0.25, 0.3) is 0 Å². The monoisotopic (exact) mass is 212 g/mol. The van der Waals surface area contributed by atoms with E-state index in [9.17, 15) is 0 Å². The van der Waals surface area contributed by atoms with Crippen molar-refractivity contribution < 1.29 is 4.74 Å². The largest absolute Gasteiger partial charge is 0.380 e. The predicted molar refractivity (Wildman–Crippen MR) is 57.7 cm³/mol. The van der Waals surface area contributed by atoms with E-state index >= 15 is 0 Å². The van der Waals surface area contributed by atoms with E-state index in [0.29, 0.717) is 6.04 Å². The summed E-state index contributed by atoms with van der Waals surface area (Å²) in [7, 11) is 0. The first-order chi connectivity index (χ1) is 6.75. The molecule has 14 heavy (non-hydrogen) atoms. The lowest BCUT2D eigenvalue weighted by Crippen LogP contribution is -2.28. The van der Waals surface area contributed by atoms with Crippen LogP contribution in [-0.4, -0.2) is 24.2 Å². The van der Waals surface area contributed by atoms with Crippen molar-refractivity contribution in [2.24, 2.45) is 0 Å². The lowest BCUT2D eigenvalue weighted by atomic mass is 10.2. The smallest absolute Gasteiger partial charge is 0.0900 e. The molecule has 0 spiro atoms. The van der Waals surface area contributed by atoms with Gasteiger partial charge in [0.15, 0.2) is 0 Å². The standard InChI is InChI=1S/C10H16N2OS/c1-7-10(12-8(2)14-7)5-11-9-3-4-13-6-9/h9,11H,3-6H2,1-2H3. The molecule has 1 fully saturated rings. The maximum atomic E-state index is 5.30. The summed E-state index contributed by atoms with van der Waals surface area (Å²) in [6.07, 6.45) is 1.13. The van der Waals surface area contributed by atoms with Crippen LogP contribution in [-0.2, 0) is 11.3 Å². The molecular formula is C10H16N2OS. The Morgan fingerprint density at radius 3 is 3.00 bits per heavy atom. The highest BCUT2D eigenvalue weighted by Gasteiger charge is 2.15. The molecule has 0 aromatic carbocycles. The molecule has 1 aromatic heterocycles. The van der Waals surface area contributed by atoms with Gasteiger partial charge < -0.3 is 10.1 Å². The van der Waals surface area contributed by atoms with Crippen LogP contribution in [0.2, 0.25) is 0 Å². The second kappa shape index (κ2) is 4.38. The number of aryl methyl sites for hydroxylation is 2. The number of hydrogen-bond donors (Lipinski definition) is 1. The summed E-state index contributed by atoms with van der Waals surface area (Å²) >= 11 is 1.77. The van der Waals surface area contributed by atoms with E-state index in [-0.39, 0.29) is 0 Å². The Labute approximate surface area is 88.5 Å². The van der Waals surface area contributed by atoms with Gasteiger partial charge in [0, 0.05) is 24.1 Å². The van der Waals surface area contributed by atoms with Gasteiger partial charge in [-0.3, -0.25) is 0 Å². The van der Waals surface area contributed by atoms with E-state index in [1.54, 1.807) is 11.3 Å². The molecule has 4 heteroatoms. The zero-order valence-corrected chi connectivity index (χ0v) is 9.49. The molecule has 1 aromatic rings. The Morgan fingerprint density at radius 1 is 1.57 bits per heavy atom. The Kier molecular flexibility index (Phi) is 3.15. The molecule has 2 heterocycles. The first kappa shape index (κ1) is 10.1. The van der Waals surface area contributed by atoms with Crippen LogP contribution in [0.1, 0.15) is 22.0 Å². The normalized spacial score (nSPS) is 21.7. The zero-order valence-electron chi connectivity index (χ0n) is 8.67. The van der Waals surface area contributed by atoms with Crippen molar-refractivity contribution in [1.82, 2.24) is 10.3 Å². The molecule has 78 valence electrons. The van der Waals surface area contributed by atoms with Crippen LogP contribution in [0.5, 0.6) is 0 Å². The Balaban J connectivity index is 1.87. The molecular weight excluding hydrogens is 196 g/mol. The zero-order chi connectivity index (χ0) is 9.97. The third-order valence-corrected chi connectivity index (χ3v) is 3.42. The number of nitrogens with zero attached hydrogens (tertiary/aromatic N) is 1. The molecule has 2 rings (SSSR count). The molecule has 3 nitrogen and oxygen atoms in total. The molecule has 0 radical (unpaired) electrons. The predicted octanol–water partition coefficient (Wildman–Crippen LogP) is 1.64. The summed E-state index contributed by atoms with van der Waals surface area (Å²) < 4.78 is 5.30. The number of rotatable bonds is 3. The third-order valence-electron chi connectivity index (χ3n) is 2.49. The van der Waals surface area contributed by atoms with Gasteiger partial charge in [-0.2, -0.15) is 0 Å². The van der Waals surface area contributed by atoms with Crippen LogP contribution >= 0.6 is 11.3 Å². The van der Waals surface area contributed by atoms with Gasteiger partial charge in [0.2, 0.25) is 0 Å². The van der Waals surface area contributed by atoms with Crippen molar-refractivity contribution in [2.75, 3.05) is 13.2 Å². The van der Waals surface area contributed by atoms with Crippen LogP contribution in [0, 0.1) is 13.8 Å². The number of ether oxygens (including phenoxy) is 1. The summed E-state index contributed by atoms with van der Waals surface area (Å²) in [4.78, 5) is 5.81. The first-order valence-electron chi connectivity index (χ1n) is 5.00. The summed E-state index contributed by atoms with van der Waals surface area (Å²) in [5.41, 5.74) is 1.19. The van der Waals surface area contributed by atoms with E-state index in [0.717, 1.165) is 31.2 Å². The van der Waals surface area contributed by atoms with Gasteiger partial charge in [-0.1, -0.05) is 0 Å². The van der Waals surface area contributed by atoms with Crippen molar-refractivity contribution in [3.8, 4) is 0 Å². The topological polar surface area (TPSA) is 34.2 Å². The number of nitrogens with one attached hydrogen (secondary N) is 1. The van der Waals surface area contributed by atoms with Crippen LogP contribution in [0.3, 0.4) is 0 Å². The second-order valence-corrected chi connectivity index (χ2v) is 5.08. The average molecular weight is 212 g/mol. The number of hydrogen-bond acceptors (Lipinski definition) is 4. The minimum absolute atomic E-state index is 0.524. The highest BCUT2D eigenvalue weighted by molar-refractivity contribution is 7.11. The SMILES string of the molecule is Cc1nc(CNC2CCOC2)c(C)s1. The van der Waals surface area contributed by atoms with E-state index in [2.05, 4.69) is 24.1 Å². The molecule has 0 saturated carbocycles. The van der Waals surface area contributed by atoms with Gasteiger partial charge in [0.1, 0.15) is 0 Å². The molecule has 1 atom stereocenters. The number of aromatic nitrogens is 1. The van der Waals surface area contributed by atoms with E-state index < -0.39 is 0 Å². The van der Waals surface area contributed by atoms with Crippen molar-refractivity contribution in [3.63, 3.8) is 0 Å². The van der Waals surface area contributed by atoms with E-state index in [1.165, 1.54) is 10.6 Å². The summed E-state index contributed by atoms with van der Waals surface area (Å²) in [6.45, 7) is 6.81. The Bertz CT molecular complexity index is 305. The van der Waals surface area contributed by atoms with Crippen LogP contribution in [0.4, 0.5) is 0 Å². The lowest BCUT2D eigenvalue weighted by molar-refractivity contribution is 0.189. The summed E-state index contributed by atoms with van der Waals surface area (Å²) in [5, 5.41) is 4.63. The number of thiazole rings is 1. The van der Waals surface area contributed by atoms with Crippen molar-refractivity contribution in [2.45, 2.75) is 32.9 Å². The second-order valence-electron chi connectivity index (χ2n) is 3.68. The maximum Gasteiger partial charge on any atom is 0.0900 e. The molecule has 1 aliphatic heterocycles. The van der Waals surface area contributed by atoms with E-state index in [1.807, 2.05) is 0 Å². The summed E-state index contributed by atoms with van der Waals surface area (Å²) in [6, 6.07) is 0.524. The maximum absolute atomic E-state index is 5.30. The first-order valence-corrected chi connectivity index (χ1v) is 5.81. The molecule has 1 unspecified atom stereocenters. The fourth-order valence-corrected chi connectivity index (χ4v) is 2.51. The average Bonchev–Trinajstić information content (AvgIpc) is 2.72. The minimum Gasteiger partial charge on any atom is -0.380 e. The molecule has 1 aliphatic rings. The summed E-state index contributed by atoms with van der Waals surface area (Å²) in [5.74, 6) is 0. The highest BCUT2D eigenvalue weighted by Crippen LogP contribution is 2.16. The fraction of sp³-hybridized carbons (Fsp3) is 0.700. The fourth-order valence-electron chi connectivity index (χ4n) is 1.67.